The Hall–Kier alpha value is -0.670. The summed E-state index contributed by atoms with van der Waals surface area (Å²) in [5, 5.41) is 8.84. The average Bonchev–Trinajstić information content (AvgIpc) is 2.04. The summed E-state index contributed by atoms with van der Waals surface area (Å²) in [6.07, 6.45) is 3.46. The van der Waals surface area contributed by atoms with E-state index in [1.54, 1.807) is 13.2 Å². The van der Waals surface area contributed by atoms with Crippen LogP contribution in [0.5, 0.6) is 0 Å². The minimum atomic E-state index is -0.141. The Balaban J connectivity index is 2.63. The minimum absolute atomic E-state index is 0.0160. The van der Waals surface area contributed by atoms with Gasteiger partial charge < -0.3 is 9.84 Å². The van der Waals surface area contributed by atoms with Crippen LogP contribution < -0.4 is 0 Å². The van der Waals surface area contributed by atoms with Crippen molar-refractivity contribution < 1.29 is 14.6 Å². The molecule has 1 N–H and O–H groups in total. The van der Waals surface area contributed by atoms with Crippen molar-refractivity contribution in [1.29, 1.82) is 0 Å². The van der Waals surface area contributed by atoms with Gasteiger partial charge in [-0.05, 0) is 6.08 Å². The lowest BCUT2D eigenvalue weighted by Crippen LogP contribution is -2.29. The Kier molecular flexibility index (Phi) is 2.79. The fourth-order valence-electron chi connectivity index (χ4n) is 1.21. The van der Waals surface area contributed by atoms with Crippen molar-refractivity contribution in [3.05, 3.63) is 12.2 Å². The summed E-state index contributed by atoms with van der Waals surface area (Å²) in [4.78, 5) is 10.8. The van der Waals surface area contributed by atoms with Gasteiger partial charge in [0, 0.05) is 19.4 Å². The third-order valence-electron chi connectivity index (χ3n) is 1.92. The number of hydrogen-bond acceptors (Lipinski definition) is 3. The van der Waals surface area contributed by atoms with E-state index in [1.165, 1.54) is 6.08 Å². The van der Waals surface area contributed by atoms with Crippen molar-refractivity contribution >= 4 is 5.78 Å². The molecule has 0 amide bonds. The van der Waals surface area contributed by atoms with E-state index in [9.17, 15) is 4.79 Å². The number of carbonyl (C=O) groups is 1. The highest BCUT2D eigenvalue weighted by Crippen LogP contribution is 2.17. The fourth-order valence-corrected chi connectivity index (χ4v) is 1.21. The van der Waals surface area contributed by atoms with Crippen molar-refractivity contribution in [1.82, 2.24) is 0 Å². The molecule has 3 nitrogen and oxygen atoms in total. The van der Waals surface area contributed by atoms with Crippen molar-refractivity contribution in [2.75, 3.05) is 13.7 Å². The third kappa shape index (κ3) is 1.88. The van der Waals surface area contributed by atoms with Crippen LogP contribution in [0.25, 0.3) is 0 Å². The Morgan fingerprint density at radius 1 is 1.82 bits per heavy atom. The molecule has 0 aromatic heterocycles. The first-order chi connectivity index (χ1) is 5.27. The van der Waals surface area contributed by atoms with E-state index in [1.807, 2.05) is 0 Å². The van der Waals surface area contributed by atoms with Gasteiger partial charge in [-0.3, -0.25) is 4.79 Å². The van der Waals surface area contributed by atoms with Crippen molar-refractivity contribution in [3.63, 3.8) is 0 Å². The number of aliphatic hydroxyl groups is 1. The van der Waals surface area contributed by atoms with Crippen molar-refractivity contribution in [3.8, 4) is 0 Å². The number of carbonyl (C=O) groups excluding carboxylic acids is 1. The summed E-state index contributed by atoms with van der Waals surface area (Å²) in [6.45, 7) is 0.0439. The molecule has 1 aliphatic rings. The maximum atomic E-state index is 10.8. The summed E-state index contributed by atoms with van der Waals surface area (Å²) in [5.74, 6) is 0.0549. The van der Waals surface area contributed by atoms with Crippen LogP contribution in [0.15, 0.2) is 12.2 Å². The van der Waals surface area contributed by atoms with E-state index in [0.717, 1.165) is 0 Å². The molecular weight excluding hydrogens is 144 g/mol. The second-order valence-corrected chi connectivity index (χ2v) is 2.65. The Morgan fingerprint density at radius 3 is 3.09 bits per heavy atom. The van der Waals surface area contributed by atoms with E-state index in [4.69, 9.17) is 9.84 Å². The normalized spacial score (nSPS) is 30.9. The second kappa shape index (κ2) is 3.64. The minimum Gasteiger partial charge on any atom is -0.396 e. The third-order valence-corrected chi connectivity index (χ3v) is 1.92. The lowest BCUT2D eigenvalue weighted by Gasteiger charge is -2.23. The first-order valence-corrected chi connectivity index (χ1v) is 3.62. The lowest BCUT2D eigenvalue weighted by molar-refractivity contribution is -0.118. The summed E-state index contributed by atoms with van der Waals surface area (Å²) in [5.41, 5.74) is 0. The van der Waals surface area contributed by atoms with Crippen LogP contribution in [0.2, 0.25) is 0 Å². The molecule has 0 bridgehead atoms. The van der Waals surface area contributed by atoms with Gasteiger partial charge in [-0.25, -0.2) is 0 Å². The van der Waals surface area contributed by atoms with Crippen LogP contribution in [0.1, 0.15) is 6.42 Å². The van der Waals surface area contributed by atoms with Crippen molar-refractivity contribution in [2.45, 2.75) is 12.5 Å². The van der Waals surface area contributed by atoms with Crippen LogP contribution in [0.4, 0.5) is 0 Å². The van der Waals surface area contributed by atoms with Crippen LogP contribution in [-0.4, -0.2) is 30.7 Å². The molecule has 0 heterocycles. The molecule has 0 spiro atoms. The number of aliphatic hydroxyl groups excluding tert-OH is 1. The van der Waals surface area contributed by atoms with Gasteiger partial charge in [0.15, 0.2) is 5.78 Å². The van der Waals surface area contributed by atoms with Crippen LogP contribution >= 0.6 is 0 Å². The van der Waals surface area contributed by atoms with Crippen LogP contribution in [-0.2, 0) is 9.53 Å². The molecule has 0 saturated heterocycles. The first kappa shape index (κ1) is 8.43. The molecule has 3 heteroatoms. The molecular formula is C8H12O3. The zero-order valence-electron chi connectivity index (χ0n) is 6.49. The maximum absolute atomic E-state index is 10.8. The van der Waals surface area contributed by atoms with Crippen LogP contribution in [0.3, 0.4) is 0 Å². The largest absolute Gasteiger partial charge is 0.396 e. The highest BCUT2D eigenvalue weighted by atomic mass is 16.5. The van der Waals surface area contributed by atoms with Crippen LogP contribution in [0, 0.1) is 5.92 Å². The zero-order valence-corrected chi connectivity index (χ0v) is 6.49. The summed E-state index contributed by atoms with van der Waals surface area (Å²) < 4.78 is 5.03. The van der Waals surface area contributed by atoms with E-state index >= 15 is 0 Å². The fraction of sp³-hybridized carbons (Fsp3) is 0.625. The molecule has 1 aliphatic carbocycles. The summed E-state index contributed by atoms with van der Waals surface area (Å²) >= 11 is 0. The number of hydrogen-bond donors (Lipinski definition) is 1. The predicted molar refractivity (Wildman–Crippen MR) is 40.1 cm³/mol. The highest BCUT2D eigenvalue weighted by molar-refractivity contribution is 5.90. The number of ketones is 1. The van der Waals surface area contributed by atoms with Gasteiger partial charge in [-0.1, -0.05) is 6.08 Å². The monoisotopic (exact) mass is 156 g/mol. The van der Waals surface area contributed by atoms with Gasteiger partial charge in [0.25, 0.3) is 0 Å². The molecule has 62 valence electrons. The zero-order chi connectivity index (χ0) is 8.27. The number of ether oxygens (including phenoxy) is 1. The van der Waals surface area contributed by atoms with Gasteiger partial charge in [0.05, 0.1) is 12.7 Å². The first-order valence-electron chi connectivity index (χ1n) is 3.62. The molecule has 0 saturated carbocycles. The number of allylic oxidation sites excluding steroid dienone is 1. The quantitative estimate of drug-likeness (QED) is 0.618. The van der Waals surface area contributed by atoms with Gasteiger partial charge in [0.1, 0.15) is 0 Å². The second-order valence-electron chi connectivity index (χ2n) is 2.65. The Labute approximate surface area is 65.7 Å². The van der Waals surface area contributed by atoms with Gasteiger partial charge in [-0.2, -0.15) is 0 Å². The van der Waals surface area contributed by atoms with E-state index in [0.29, 0.717) is 6.42 Å². The van der Waals surface area contributed by atoms with E-state index in [2.05, 4.69) is 0 Å². The Morgan fingerprint density at radius 2 is 2.55 bits per heavy atom. The highest BCUT2D eigenvalue weighted by Gasteiger charge is 2.24. The maximum Gasteiger partial charge on any atom is 0.157 e. The molecule has 2 unspecified atom stereocenters. The SMILES string of the molecule is COC1CC(=O)C=CC1CO. The molecule has 0 aliphatic heterocycles. The van der Waals surface area contributed by atoms with Gasteiger partial charge in [-0.15, -0.1) is 0 Å². The molecule has 0 fully saturated rings. The molecule has 1 rings (SSSR count). The molecule has 2 atom stereocenters. The molecule has 0 aromatic rings. The topological polar surface area (TPSA) is 46.5 Å². The molecule has 0 aromatic carbocycles. The number of rotatable bonds is 2. The van der Waals surface area contributed by atoms with E-state index < -0.39 is 0 Å². The summed E-state index contributed by atoms with van der Waals surface area (Å²) in [7, 11) is 1.56. The smallest absolute Gasteiger partial charge is 0.157 e. The number of methoxy groups -OCH3 is 1. The lowest BCUT2D eigenvalue weighted by atomic mass is 9.92. The van der Waals surface area contributed by atoms with Crippen molar-refractivity contribution in [2.24, 2.45) is 5.92 Å². The van der Waals surface area contributed by atoms with Gasteiger partial charge in [0.2, 0.25) is 0 Å². The molecule has 11 heavy (non-hydrogen) atoms. The standard InChI is InChI=1S/C8H12O3/c1-11-8-4-7(10)3-2-6(8)5-9/h2-3,6,8-9H,4-5H2,1H3. The predicted octanol–water partition coefficient (Wildman–Crippen LogP) is 0.139. The summed E-state index contributed by atoms with van der Waals surface area (Å²) in [6, 6.07) is 0. The Bertz CT molecular complexity index is 174. The van der Waals surface area contributed by atoms with E-state index in [-0.39, 0.29) is 24.4 Å². The van der Waals surface area contributed by atoms with Gasteiger partial charge >= 0.3 is 0 Å². The molecule has 0 radical (unpaired) electrons. The average molecular weight is 156 g/mol.